The number of allylic oxidation sites excluding steroid dienone is 1. The zero-order chi connectivity index (χ0) is 19.7. The first-order chi connectivity index (χ1) is 13.5. The van der Waals surface area contributed by atoms with Crippen molar-refractivity contribution in [2.45, 2.75) is 45.7 Å². The van der Waals surface area contributed by atoms with Gasteiger partial charge in [0, 0.05) is 56.3 Å². The number of hydrogen-bond donors (Lipinski definition) is 2. The Morgan fingerprint density at radius 1 is 1.32 bits per heavy atom. The summed E-state index contributed by atoms with van der Waals surface area (Å²) >= 11 is 0. The molecule has 0 bridgehead atoms. The Balaban J connectivity index is 1.38. The van der Waals surface area contributed by atoms with Crippen LogP contribution in [0.5, 0.6) is 0 Å². The van der Waals surface area contributed by atoms with Crippen LogP contribution in [-0.4, -0.2) is 75.1 Å². The van der Waals surface area contributed by atoms with Crippen LogP contribution in [0, 0.1) is 18.3 Å². The van der Waals surface area contributed by atoms with Crippen molar-refractivity contribution < 1.29 is 15.0 Å². The molecule has 1 aliphatic carbocycles. The van der Waals surface area contributed by atoms with Crippen molar-refractivity contribution >= 4 is 5.91 Å². The highest BCUT2D eigenvalue weighted by atomic mass is 16.3. The summed E-state index contributed by atoms with van der Waals surface area (Å²) in [6.45, 7) is 6.66. The third-order valence-electron chi connectivity index (χ3n) is 6.78. The van der Waals surface area contributed by atoms with Crippen molar-refractivity contribution in [2.24, 2.45) is 11.3 Å². The first-order valence-electron chi connectivity index (χ1n) is 10.5. The summed E-state index contributed by atoms with van der Waals surface area (Å²) in [4.78, 5) is 17.1. The van der Waals surface area contributed by atoms with Crippen LogP contribution < -0.4 is 0 Å². The molecular formula is C21H32N4O3. The van der Waals surface area contributed by atoms with Gasteiger partial charge in [0.15, 0.2) is 0 Å². The highest BCUT2D eigenvalue weighted by molar-refractivity contribution is 5.79. The van der Waals surface area contributed by atoms with Crippen LogP contribution in [0.1, 0.15) is 36.9 Å². The van der Waals surface area contributed by atoms with Crippen molar-refractivity contribution in [1.29, 1.82) is 0 Å². The minimum atomic E-state index is -0.200. The zero-order valence-electron chi connectivity index (χ0n) is 16.8. The summed E-state index contributed by atoms with van der Waals surface area (Å²) in [5.41, 5.74) is 3.25. The minimum absolute atomic E-state index is 0.0841. The van der Waals surface area contributed by atoms with Crippen molar-refractivity contribution in [3.8, 4) is 0 Å². The van der Waals surface area contributed by atoms with Gasteiger partial charge in [-0.25, -0.2) is 0 Å². The highest BCUT2D eigenvalue weighted by Gasteiger charge is 2.53. The van der Waals surface area contributed by atoms with E-state index in [1.807, 2.05) is 18.0 Å². The fraction of sp³-hybridized carbons (Fsp3) is 0.714. The largest absolute Gasteiger partial charge is 0.396 e. The van der Waals surface area contributed by atoms with Gasteiger partial charge in [-0.15, -0.1) is 0 Å². The van der Waals surface area contributed by atoms with Crippen LogP contribution >= 0.6 is 0 Å². The van der Waals surface area contributed by atoms with Crippen LogP contribution in [0.4, 0.5) is 0 Å². The Morgan fingerprint density at radius 3 is 2.86 bits per heavy atom. The number of aliphatic hydroxyl groups excluding tert-OH is 2. The summed E-state index contributed by atoms with van der Waals surface area (Å²) in [7, 11) is 0. The number of carbonyl (C=O) groups is 1. The predicted molar refractivity (Wildman–Crippen MR) is 105 cm³/mol. The van der Waals surface area contributed by atoms with Crippen molar-refractivity contribution in [1.82, 2.24) is 19.6 Å². The van der Waals surface area contributed by atoms with Gasteiger partial charge in [-0.1, -0.05) is 11.6 Å². The number of aliphatic hydroxyl groups is 2. The summed E-state index contributed by atoms with van der Waals surface area (Å²) in [6, 6.07) is 0. The molecule has 2 aliphatic heterocycles. The molecule has 28 heavy (non-hydrogen) atoms. The third kappa shape index (κ3) is 3.75. The molecule has 1 amide bonds. The fourth-order valence-corrected chi connectivity index (χ4v) is 5.20. The molecule has 4 rings (SSSR count). The maximum absolute atomic E-state index is 12.7. The third-order valence-corrected chi connectivity index (χ3v) is 6.78. The molecule has 1 aromatic heterocycles. The topological polar surface area (TPSA) is 81.8 Å². The summed E-state index contributed by atoms with van der Waals surface area (Å²) in [5, 5.41) is 23.8. The van der Waals surface area contributed by atoms with Crippen LogP contribution in [0.25, 0.3) is 0 Å². The molecule has 2 unspecified atom stereocenters. The average molecular weight is 389 g/mol. The van der Waals surface area contributed by atoms with E-state index in [-0.39, 0.29) is 24.5 Å². The standard InChI is InChI=1S/C21H32N4O3/c1-16-18(10-25(22-16)6-7-26)9-23-11-19-12-24(14-21(19,13-23)15-27)20(28)8-17-4-2-3-5-17/h4,10,19,26-27H,2-3,5-9,11-15H2,1H3. The maximum atomic E-state index is 12.7. The molecule has 2 N–H and O–H groups in total. The van der Waals surface area contributed by atoms with Crippen molar-refractivity contribution in [2.75, 3.05) is 39.4 Å². The summed E-state index contributed by atoms with van der Waals surface area (Å²) in [5.74, 6) is 0.551. The minimum Gasteiger partial charge on any atom is -0.396 e. The molecule has 3 heterocycles. The van der Waals surface area contributed by atoms with E-state index >= 15 is 0 Å². The second kappa shape index (κ2) is 7.97. The normalized spacial score (nSPS) is 27.5. The van der Waals surface area contributed by atoms with Gasteiger partial charge >= 0.3 is 0 Å². The Hall–Kier alpha value is -1.70. The lowest BCUT2D eigenvalue weighted by atomic mass is 9.82. The molecule has 2 fully saturated rings. The van der Waals surface area contributed by atoms with E-state index in [0.717, 1.165) is 44.7 Å². The molecular weight excluding hydrogens is 356 g/mol. The number of amides is 1. The molecule has 0 aromatic carbocycles. The van der Waals surface area contributed by atoms with Gasteiger partial charge < -0.3 is 15.1 Å². The van der Waals surface area contributed by atoms with Crippen LogP contribution in [0.3, 0.4) is 0 Å². The second-order valence-electron chi connectivity index (χ2n) is 8.82. The number of likely N-dealkylation sites (tertiary alicyclic amines) is 2. The van der Waals surface area contributed by atoms with E-state index in [0.29, 0.717) is 25.4 Å². The van der Waals surface area contributed by atoms with Crippen LogP contribution in [-0.2, 0) is 17.9 Å². The molecule has 154 valence electrons. The Labute approximate surface area is 166 Å². The first-order valence-corrected chi connectivity index (χ1v) is 10.5. The van der Waals surface area contributed by atoms with E-state index in [9.17, 15) is 9.90 Å². The molecule has 2 saturated heterocycles. The number of aryl methyl sites for hydroxylation is 1. The molecule has 0 saturated carbocycles. The SMILES string of the molecule is Cc1nn(CCO)cc1CN1CC2CN(C(=O)CC3=CCCC3)CC2(CO)C1. The molecule has 7 nitrogen and oxygen atoms in total. The van der Waals surface area contributed by atoms with Crippen LogP contribution in [0.2, 0.25) is 0 Å². The lowest BCUT2D eigenvalue weighted by molar-refractivity contribution is -0.130. The predicted octanol–water partition coefficient (Wildman–Crippen LogP) is 0.937. The second-order valence-corrected chi connectivity index (χ2v) is 8.82. The lowest BCUT2D eigenvalue weighted by Gasteiger charge is -2.27. The van der Waals surface area contributed by atoms with Gasteiger partial charge in [0.2, 0.25) is 5.91 Å². The average Bonchev–Trinajstić information content (AvgIpc) is 3.40. The van der Waals surface area contributed by atoms with Gasteiger partial charge in [0.25, 0.3) is 0 Å². The van der Waals surface area contributed by atoms with Gasteiger partial charge in [-0.05, 0) is 32.1 Å². The lowest BCUT2D eigenvalue weighted by Crippen LogP contribution is -2.38. The Morgan fingerprint density at radius 2 is 2.18 bits per heavy atom. The first kappa shape index (κ1) is 19.6. The Kier molecular flexibility index (Phi) is 5.58. The molecule has 1 aromatic rings. The summed E-state index contributed by atoms with van der Waals surface area (Å²) < 4.78 is 1.79. The number of hydrogen-bond acceptors (Lipinski definition) is 5. The van der Waals surface area contributed by atoms with E-state index in [1.54, 1.807) is 4.68 Å². The summed E-state index contributed by atoms with van der Waals surface area (Å²) in [6.07, 6.45) is 8.13. The molecule has 2 atom stereocenters. The number of rotatable bonds is 7. The van der Waals surface area contributed by atoms with E-state index in [2.05, 4.69) is 16.1 Å². The number of aromatic nitrogens is 2. The van der Waals surface area contributed by atoms with Gasteiger partial charge in [0.05, 0.1) is 25.5 Å². The molecule has 0 radical (unpaired) electrons. The smallest absolute Gasteiger partial charge is 0.226 e. The molecule has 7 heteroatoms. The maximum Gasteiger partial charge on any atom is 0.226 e. The van der Waals surface area contributed by atoms with Crippen molar-refractivity contribution in [3.63, 3.8) is 0 Å². The monoisotopic (exact) mass is 388 g/mol. The quantitative estimate of drug-likeness (QED) is 0.680. The molecule has 0 spiro atoms. The molecule has 3 aliphatic rings. The number of nitrogens with zero attached hydrogens (tertiary/aromatic N) is 4. The highest BCUT2D eigenvalue weighted by Crippen LogP contribution is 2.43. The fourth-order valence-electron chi connectivity index (χ4n) is 5.20. The van der Waals surface area contributed by atoms with Crippen LogP contribution in [0.15, 0.2) is 17.8 Å². The van der Waals surface area contributed by atoms with Gasteiger partial charge in [0.1, 0.15) is 0 Å². The van der Waals surface area contributed by atoms with E-state index < -0.39 is 0 Å². The van der Waals surface area contributed by atoms with Gasteiger partial charge in [-0.2, -0.15) is 5.10 Å². The van der Waals surface area contributed by atoms with Crippen molar-refractivity contribution in [3.05, 3.63) is 29.1 Å². The Bertz CT molecular complexity index is 759. The van der Waals surface area contributed by atoms with E-state index in [1.165, 1.54) is 17.6 Å². The number of fused-ring (bicyclic) bond motifs is 1. The van der Waals surface area contributed by atoms with E-state index in [4.69, 9.17) is 5.11 Å². The number of carbonyl (C=O) groups excluding carboxylic acids is 1. The van der Waals surface area contributed by atoms with Gasteiger partial charge in [-0.3, -0.25) is 14.4 Å². The zero-order valence-corrected chi connectivity index (χ0v) is 16.8.